The van der Waals surface area contributed by atoms with Crippen LogP contribution >= 0.6 is 22.7 Å². The second kappa shape index (κ2) is 8.77. The Hall–Kier alpha value is -2.95. The number of Topliss-reactive ketones (excluding diaryl/α,β-unsaturated/α-hetero) is 1. The first-order valence-electron chi connectivity index (χ1n) is 10.7. The van der Waals surface area contributed by atoms with Crippen molar-refractivity contribution in [2.75, 3.05) is 6.54 Å². The molecule has 3 aromatic heterocycles. The molecule has 1 aliphatic rings. The summed E-state index contributed by atoms with van der Waals surface area (Å²) in [5.74, 6) is -1.02. The second-order valence-corrected chi connectivity index (χ2v) is 10.1. The number of hydrogen-bond acceptors (Lipinski definition) is 7. The monoisotopic (exact) mass is 483 g/mol. The fourth-order valence-corrected chi connectivity index (χ4v) is 5.97. The zero-order valence-electron chi connectivity index (χ0n) is 18.1. The molecule has 1 unspecified atom stereocenters. The molecule has 1 aromatic carbocycles. The zero-order valence-corrected chi connectivity index (χ0v) is 19.7. The molecule has 170 valence electrons. The number of amides is 1. The molecule has 2 N–H and O–H groups in total. The predicted molar refractivity (Wildman–Crippen MR) is 127 cm³/mol. The fraction of sp³-hybridized carbons (Fsp3) is 0.304. The minimum Gasteiger partial charge on any atom is -0.339 e. The largest absolute Gasteiger partial charge is 0.339 e. The van der Waals surface area contributed by atoms with E-state index in [9.17, 15) is 14.0 Å². The first kappa shape index (κ1) is 21.9. The van der Waals surface area contributed by atoms with Gasteiger partial charge in [-0.3, -0.25) is 14.0 Å². The number of nitrogens with zero attached hydrogens (tertiary/aromatic N) is 3. The van der Waals surface area contributed by atoms with Crippen LogP contribution in [0.4, 0.5) is 4.39 Å². The number of thiazole rings is 2. The Bertz CT molecular complexity index is 1350. The van der Waals surface area contributed by atoms with Crippen molar-refractivity contribution in [1.29, 1.82) is 0 Å². The van der Waals surface area contributed by atoms with Crippen molar-refractivity contribution in [1.82, 2.24) is 25.0 Å². The highest BCUT2D eigenvalue weighted by Gasteiger charge is 2.36. The maximum absolute atomic E-state index is 13.9. The Morgan fingerprint density at radius 2 is 2.15 bits per heavy atom. The van der Waals surface area contributed by atoms with Crippen LogP contribution in [0.3, 0.4) is 0 Å². The van der Waals surface area contributed by atoms with E-state index in [2.05, 4.69) is 20.6 Å². The van der Waals surface area contributed by atoms with E-state index in [0.717, 1.165) is 24.3 Å². The van der Waals surface area contributed by atoms with Gasteiger partial charge in [-0.1, -0.05) is 12.1 Å². The van der Waals surface area contributed by atoms with E-state index in [0.29, 0.717) is 26.8 Å². The van der Waals surface area contributed by atoms with E-state index >= 15 is 0 Å². The van der Waals surface area contributed by atoms with E-state index in [-0.39, 0.29) is 29.2 Å². The molecule has 10 heteroatoms. The van der Waals surface area contributed by atoms with Gasteiger partial charge in [0.1, 0.15) is 23.2 Å². The van der Waals surface area contributed by atoms with Crippen molar-refractivity contribution in [2.24, 2.45) is 0 Å². The summed E-state index contributed by atoms with van der Waals surface area (Å²) in [4.78, 5) is 37.4. The Morgan fingerprint density at radius 1 is 1.30 bits per heavy atom. The van der Waals surface area contributed by atoms with Crippen molar-refractivity contribution in [3.8, 4) is 10.4 Å². The number of carbonyl (C=O) groups excluding carboxylic acids is 2. The Balaban J connectivity index is 1.51. The molecule has 2 atom stereocenters. The molecule has 0 aliphatic carbocycles. The van der Waals surface area contributed by atoms with Crippen molar-refractivity contribution in [3.63, 3.8) is 0 Å². The Labute approximate surface area is 197 Å². The quantitative estimate of drug-likeness (QED) is 0.405. The van der Waals surface area contributed by atoms with Crippen molar-refractivity contribution >= 4 is 39.3 Å². The molecular formula is C23H22FN5O2S2. The molecule has 0 spiro atoms. The first-order valence-corrected chi connectivity index (χ1v) is 12.4. The minimum atomic E-state index is -0.808. The number of halogens is 1. The molecule has 4 heterocycles. The third-order valence-electron chi connectivity index (χ3n) is 5.78. The van der Waals surface area contributed by atoms with E-state index in [4.69, 9.17) is 0 Å². The molecule has 0 radical (unpaired) electrons. The van der Waals surface area contributed by atoms with Crippen LogP contribution in [0.5, 0.6) is 0 Å². The summed E-state index contributed by atoms with van der Waals surface area (Å²) in [7, 11) is 0. The van der Waals surface area contributed by atoms with Crippen LogP contribution in [0, 0.1) is 19.7 Å². The van der Waals surface area contributed by atoms with Crippen LogP contribution in [0.25, 0.3) is 15.4 Å². The van der Waals surface area contributed by atoms with Gasteiger partial charge in [-0.25, -0.2) is 14.4 Å². The fourth-order valence-electron chi connectivity index (χ4n) is 4.29. The smallest absolute Gasteiger partial charge is 0.270 e. The molecule has 4 aromatic rings. The van der Waals surface area contributed by atoms with Gasteiger partial charge < -0.3 is 10.6 Å². The predicted octanol–water partition coefficient (Wildman–Crippen LogP) is 4.01. The van der Waals surface area contributed by atoms with E-state index in [1.54, 1.807) is 29.7 Å². The number of fused-ring (bicyclic) bond motifs is 1. The molecular weight excluding hydrogens is 461 g/mol. The zero-order chi connectivity index (χ0) is 23.1. The van der Waals surface area contributed by atoms with Crippen LogP contribution in [-0.2, 0) is 0 Å². The minimum absolute atomic E-state index is 0.213. The Morgan fingerprint density at radius 3 is 2.91 bits per heavy atom. The van der Waals surface area contributed by atoms with Crippen LogP contribution in [0.1, 0.15) is 44.5 Å². The number of rotatable bonds is 6. The molecule has 0 bridgehead atoms. The standard InChI is InChI=1S/C23H22FN5O2S2/c1-12-19(29-9-10-32-23(29)26-12)22(31)28-17(16-7-4-8-25-16)20(30)18-21(33-13(2)27-18)14-5-3-6-15(24)11-14/h3,5-6,9-11,16-17,25H,4,7-8H2,1-2H3,(H,28,31)/t16-,17?/m0/s1. The lowest BCUT2D eigenvalue weighted by Crippen LogP contribution is -2.52. The molecule has 1 fully saturated rings. The van der Waals surface area contributed by atoms with E-state index in [1.807, 2.05) is 12.3 Å². The van der Waals surface area contributed by atoms with Crippen LogP contribution in [0.2, 0.25) is 0 Å². The SMILES string of the molecule is Cc1nc(C(=O)C(NC(=O)c2c(C)nc3sccn23)[C@@H]2CCCN2)c(-c2cccc(F)c2)s1. The lowest BCUT2D eigenvalue weighted by Gasteiger charge is -2.23. The normalized spacial score (nSPS) is 16.9. The maximum Gasteiger partial charge on any atom is 0.270 e. The lowest BCUT2D eigenvalue weighted by atomic mass is 9.97. The van der Waals surface area contributed by atoms with Crippen LogP contribution in [0.15, 0.2) is 35.8 Å². The molecule has 1 saturated heterocycles. The second-order valence-electron chi connectivity index (χ2n) is 8.04. The van der Waals surface area contributed by atoms with Gasteiger partial charge in [-0.05, 0) is 50.9 Å². The van der Waals surface area contributed by atoms with Gasteiger partial charge in [0.05, 0.1) is 15.6 Å². The first-order chi connectivity index (χ1) is 15.9. The number of aromatic nitrogens is 3. The molecule has 5 rings (SSSR count). The number of hydrogen-bond donors (Lipinski definition) is 2. The van der Waals surface area contributed by atoms with Gasteiger partial charge in [-0.15, -0.1) is 22.7 Å². The molecule has 1 amide bonds. The van der Waals surface area contributed by atoms with Crippen LogP contribution < -0.4 is 10.6 Å². The van der Waals surface area contributed by atoms with Gasteiger partial charge in [0.2, 0.25) is 5.78 Å². The summed E-state index contributed by atoms with van der Waals surface area (Å²) in [5, 5.41) is 8.87. The number of benzene rings is 1. The third-order valence-corrected chi connectivity index (χ3v) is 7.55. The van der Waals surface area contributed by atoms with Gasteiger partial charge in [0.15, 0.2) is 4.96 Å². The van der Waals surface area contributed by atoms with Gasteiger partial charge in [0, 0.05) is 17.6 Å². The van der Waals surface area contributed by atoms with Crippen molar-refractivity contribution in [3.05, 3.63) is 63.7 Å². The summed E-state index contributed by atoms with van der Waals surface area (Å²) in [6, 6.07) is 5.11. The molecule has 7 nitrogen and oxygen atoms in total. The summed E-state index contributed by atoms with van der Waals surface area (Å²) >= 11 is 2.79. The third kappa shape index (κ3) is 4.09. The summed E-state index contributed by atoms with van der Waals surface area (Å²) < 4.78 is 15.6. The van der Waals surface area contributed by atoms with Crippen LogP contribution in [-0.4, -0.2) is 44.7 Å². The Kier molecular flexibility index (Phi) is 5.81. The van der Waals surface area contributed by atoms with Crippen molar-refractivity contribution < 1.29 is 14.0 Å². The average Bonchev–Trinajstić information content (AvgIpc) is 3.56. The number of imidazole rings is 1. The highest BCUT2D eigenvalue weighted by molar-refractivity contribution is 7.15. The highest BCUT2D eigenvalue weighted by Crippen LogP contribution is 2.32. The van der Waals surface area contributed by atoms with E-state index in [1.165, 1.54) is 34.8 Å². The highest BCUT2D eigenvalue weighted by atomic mass is 32.1. The molecule has 33 heavy (non-hydrogen) atoms. The summed E-state index contributed by atoms with van der Waals surface area (Å²) in [6.45, 7) is 4.37. The molecule has 0 saturated carbocycles. The van der Waals surface area contributed by atoms with Gasteiger partial charge >= 0.3 is 0 Å². The molecule has 1 aliphatic heterocycles. The summed E-state index contributed by atoms with van der Waals surface area (Å²) in [6.07, 6.45) is 3.47. The van der Waals surface area contributed by atoms with Crippen molar-refractivity contribution in [2.45, 2.75) is 38.8 Å². The number of aryl methyl sites for hydroxylation is 2. The topological polar surface area (TPSA) is 88.4 Å². The number of nitrogens with one attached hydrogen (secondary N) is 2. The number of ketones is 1. The summed E-state index contributed by atoms with van der Waals surface area (Å²) in [5.41, 5.74) is 1.88. The average molecular weight is 484 g/mol. The van der Waals surface area contributed by atoms with Gasteiger partial charge in [-0.2, -0.15) is 0 Å². The van der Waals surface area contributed by atoms with E-state index < -0.39 is 6.04 Å². The maximum atomic E-state index is 13.9. The lowest BCUT2D eigenvalue weighted by molar-refractivity contribution is 0.0832. The number of carbonyl (C=O) groups is 2. The van der Waals surface area contributed by atoms with Gasteiger partial charge in [0.25, 0.3) is 5.91 Å².